The molecule has 1 heterocycles. The lowest BCUT2D eigenvalue weighted by atomic mass is 10.1. The predicted octanol–water partition coefficient (Wildman–Crippen LogP) is 5.41. The van der Waals surface area contributed by atoms with E-state index >= 15 is 0 Å². The minimum Gasteiger partial charge on any atom is -0.370 e. The number of rotatable bonds is 8. The average Bonchev–Trinajstić information content (AvgIpc) is 2.80. The minimum absolute atomic E-state index is 0.714. The van der Waals surface area contributed by atoms with E-state index in [4.69, 9.17) is 9.97 Å². The van der Waals surface area contributed by atoms with Gasteiger partial charge < -0.3 is 10.6 Å². The Morgan fingerprint density at radius 3 is 1.79 bits per heavy atom. The number of anilines is 2. The van der Waals surface area contributed by atoms with Crippen molar-refractivity contribution >= 4 is 11.6 Å². The van der Waals surface area contributed by atoms with Crippen LogP contribution in [0.5, 0.6) is 0 Å². The summed E-state index contributed by atoms with van der Waals surface area (Å²) in [5.41, 5.74) is 3.52. The summed E-state index contributed by atoms with van der Waals surface area (Å²) in [6, 6.07) is 32.8. The van der Waals surface area contributed by atoms with Crippen LogP contribution in [0.15, 0.2) is 97.1 Å². The van der Waals surface area contributed by atoms with E-state index in [-0.39, 0.29) is 0 Å². The molecule has 0 radical (unpaired) electrons. The molecule has 0 aliphatic heterocycles. The van der Waals surface area contributed by atoms with E-state index in [0.29, 0.717) is 5.82 Å². The number of hydrogen-bond acceptors (Lipinski definition) is 4. The first-order valence-electron chi connectivity index (χ1n) is 9.87. The van der Waals surface area contributed by atoms with Gasteiger partial charge in [0.05, 0.1) is 0 Å². The molecule has 0 spiro atoms. The molecule has 0 atom stereocenters. The third kappa shape index (κ3) is 5.42. The third-order valence-corrected chi connectivity index (χ3v) is 4.64. The summed E-state index contributed by atoms with van der Waals surface area (Å²) < 4.78 is 0. The van der Waals surface area contributed by atoms with Crippen molar-refractivity contribution in [2.75, 3.05) is 17.2 Å². The molecular weight excluding hydrogens is 356 g/mol. The standard InChI is InChI=1S/C25H24N4/c1-4-10-20(11-5-1)16-17-26-23-18-24(27-19-21-12-6-2-7-13-21)29-25(28-23)22-14-8-3-9-15-22/h1-15,18H,16-17,19H2,(H2,26,27,28,29). The van der Waals surface area contributed by atoms with Gasteiger partial charge in [-0.05, 0) is 17.5 Å². The van der Waals surface area contributed by atoms with Crippen LogP contribution in [0.2, 0.25) is 0 Å². The summed E-state index contributed by atoms with van der Waals surface area (Å²) in [6.45, 7) is 1.53. The van der Waals surface area contributed by atoms with Gasteiger partial charge >= 0.3 is 0 Å². The zero-order valence-corrected chi connectivity index (χ0v) is 16.3. The molecule has 1 aromatic heterocycles. The Hall–Kier alpha value is -3.66. The molecule has 0 saturated carbocycles. The fourth-order valence-electron chi connectivity index (χ4n) is 3.11. The largest absolute Gasteiger partial charge is 0.370 e. The topological polar surface area (TPSA) is 49.8 Å². The number of nitrogens with one attached hydrogen (secondary N) is 2. The first-order chi connectivity index (χ1) is 14.4. The summed E-state index contributed by atoms with van der Waals surface area (Å²) in [6.07, 6.45) is 0.943. The summed E-state index contributed by atoms with van der Waals surface area (Å²) in [4.78, 5) is 9.45. The fourth-order valence-corrected chi connectivity index (χ4v) is 3.11. The van der Waals surface area contributed by atoms with Gasteiger partial charge in [0.2, 0.25) is 0 Å². The minimum atomic E-state index is 0.714. The van der Waals surface area contributed by atoms with Crippen LogP contribution >= 0.6 is 0 Å². The second-order valence-electron chi connectivity index (χ2n) is 6.83. The van der Waals surface area contributed by atoms with Gasteiger partial charge in [0.25, 0.3) is 0 Å². The van der Waals surface area contributed by atoms with Crippen molar-refractivity contribution in [3.63, 3.8) is 0 Å². The van der Waals surface area contributed by atoms with Gasteiger partial charge in [0.1, 0.15) is 11.6 Å². The van der Waals surface area contributed by atoms with Crippen LogP contribution in [0.4, 0.5) is 11.6 Å². The maximum atomic E-state index is 4.73. The molecule has 3 aromatic carbocycles. The van der Waals surface area contributed by atoms with Crippen molar-refractivity contribution in [1.82, 2.24) is 9.97 Å². The Morgan fingerprint density at radius 2 is 1.14 bits per heavy atom. The Kier molecular flexibility index (Phi) is 6.13. The SMILES string of the molecule is c1ccc(CCNc2cc(NCc3ccccc3)nc(-c3ccccc3)n2)cc1. The number of benzene rings is 3. The van der Waals surface area contributed by atoms with Crippen LogP contribution in [0.25, 0.3) is 11.4 Å². The van der Waals surface area contributed by atoms with Crippen molar-refractivity contribution in [3.05, 3.63) is 108 Å². The normalized spacial score (nSPS) is 10.5. The quantitative estimate of drug-likeness (QED) is 0.429. The first kappa shape index (κ1) is 18.7. The zero-order chi connectivity index (χ0) is 19.7. The lowest BCUT2D eigenvalue weighted by Gasteiger charge is -2.12. The van der Waals surface area contributed by atoms with Gasteiger partial charge in [-0.15, -0.1) is 0 Å². The Labute approximate surface area is 171 Å². The second-order valence-corrected chi connectivity index (χ2v) is 6.83. The predicted molar refractivity (Wildman–Crippen MR) is 120 cm³/mol. The number of nitrogens with zero attached hydrogens (tertiary/aromatic N) is 2. The maximum Gasteiger partial charge on any atom is 0.163 e. The molecule has 4 aromatic rings. The molecule has 0 bridgehead atoms. The van der Waals surface area contributed by atoms with Gasteiger partial charge in [0, 0.05) is 24.7 Å². The molecule has 0 aliphatic rings. The second kappa shape index (κ2) is 9.51. The highest BCUT2D eigenvalue weighted by atomic mass is 15.1. The molecule has 4 nitrogen and oxygen atoms in total. The molecule has 0 fully saturated rings. The number of hydrogen-bond donors (Lipinski definition) is 2. The van der Waals surface area contributed by atoms with Gasteiger partial charge in [-0.3, -0.25) is 0 Å². The van der Waals surface area contributed by atoms with E-state index in [0.717, 1.165) is 36.7 Å². The molecule has 4 heteroatoms. The summed E-state index contributed by atoms with van der Waals surface area (Å²) in [5, 5.41) is 6.88. The van der Waals surface area contributed by atoms with Crippen LogP contribution in [-0.2, 0) is 13.0 Å². The monoisotopic (exact) mass is 380 g/mol. The highest BCUT2D eigenvalue weighted by Gasteiger charge is 2.07. The lowest BCUT2D eigenvalue weighted by Crippen LogP contribution is -2.09. The highest BCUT2D eigenvalue weighted by Crippen LogP contribution is 2.20. The van der Waals surface area contributed by atoms with Gasteiger partial charge in [-0.1, -0.05) is 91.0 Å². The molecule has 4 rings (SSSR count). The van der Waals surface area contributed by atoms with Gasteiger partial charge in [-0.25, -0.2) is 9.97 Å². The molecular formula is C25H24N4. The zero-order valence-electron chi connectivity index (χ0n) is 16.3. The maximum absolute atomic E-state index is 4.73. The average molecular weight is 380 g/mol. The van der Waals surface area contributed by atoms with Crippen molar-refractivity contribution in [2.45, 2.75) is 13.0 Å². The smallest absolute Gasteiger partial charge is 0.163 e. The molecule has 0 unspecified atom stereocenters. The fraction of sp³-hybridized carbons (Fsp3) is 0.120. The Morgan fingerprint density at radius 1 is 0.586 bits per heavy atom. The van der Waals surface area contributed by atoms with Crippen LogP contribution in [0.1, 0.15) is 11.1 Å². The van der Waals surface area contributed by atoms with Crippen LogP contribution in [0, 0.1) is 0 Å². The van der Waals surface area contributed by atoms with E-state index in [2.05, 4.69) is 47.0 Å². The summed E-state index contributed by atoms with van der Waals surface area (Å²) in [7, 11) is 0. The van der Waals surface area contributed by atoms with Crippen molar-refractivity contribution in [3.8, 4) is 11.4 Å². The molecule has 0 amide bonds. The Bertz CT molecular complexity index is 1020. The number of aromatic nitrogens is 2. The molecule has 2 N–H and O–H groups in total. The van der Waals surface area contributed by atoms with E-state index < -0.39 is 0 Å². The van der Waals surface area contributed by atoms with Gasteiger partial charge in [-0.2, -0.15) is 0 Å². The first-order valence-corrected chi connectivity index (χ1v) is 9.87. The highest BCUT2D eigenvalue weighted by molar-refractivity contribution is 5.61. The van der Waals surface area contributed by atoms with E-state index in [1.165, 1.54) is 11.1 Å². The van der Waals surface area contributed by atoms with Crippen LogP contribution in [0.3, 0.4) is 0 Å². The van der Waals surface area contributed by atoms with E-state index in [1.54, 1.807) is 0 Å². The molecule has 0 aliphatic carbocycles. The van der Waals surface area contributed by atoms with Crippen molar-refractivity contribution in [2.24, 2.45) is 0 Å². The summed E-state index contributed by atoms with van der Waals surface area (Å²) >= 11 is 0. The van der Waals surface area contributed by atoms with Crippen molar-refractivity contribution in [1.29, 1.82) is 0 Å². The molecule has 29 heavy (non-hydrogen) atoms. The van der Waals surface area contributed by atoms with Crippen molar-refractivity contribution < 1.29 is 0 Å². The van der Waals surface area contributed by atoms with E-state index in [9.17, 15) is 0 Å². The summed E-state index contributed by atoms with van der Waals surface area (Å²) in [5.74, 6) is 2.35. The lowest BCUT2D eigenvalue weighted by molar-refractivity contribution is 0.998. The van der Waals surface area contributed by atoms with Crippen LogP contribution < -0.4 is 10.6 Å². The third-order valence-electron chi connectivity index (χ3n) is 4.64. The van der Waals surface area contributed by atoms with Gasteiger partial charge in [0.15, 0.2) is 5.82 Å². The molecule has 0 saturated heterocycles. The van der Waals surface area contributed by atoms with E-state index in [1.807, 2.05) is 60.7 Å². The Balaban J connectivity index is 1.51. The molecule has 144 valence electrons. The van der Waals surface area contributed by atoms with Crippen LogP contribution in [-0.4, -0.2) is 16.5 Å².